The molecule has 6 nitrogen and oxygen atoms in total. The Hall–Kier alpha value is -3.25. The SMILES string of the molecule is C/C=C(/C)C(=N)c1cc(C)nc2c(OCc3c(Cl)ccnc3CNC(=O)C(C)C)cccc12. The molecule has 0 bridgehead atoms. The van der Waals surface area contributed by atoms with Crippen molar-refractivity contribution in [3.8, 4) is 5.75 Å². The van der Waals surface area contributed by atoms with Gasteiger partial charge in [0.25, 0.3) is 0 Å². The summed E-state index contributed by atoms with van der Waals surface area (Å²) in [4.78, 5) is 21.1. The summed E-state index contributed by atoms with van der Waals surface area (Å²) in [6.45, 7) is 9.88. The minimum Gasteiger partial charge on any atom is -0.486 e. The average Bonchev–Trinajstić information content (AvgIpc) is 2.80. The predicted octanol–water partition coefficient (Wildman–Crippen LogP) is 5.78. The molecule has 2 heterocycles. The lowest BCUT2D eigenvalue weighted by atomic mass is 9.98. The number of carbonyl (C=O) groups excluding carboxylic acids is 1. The number of pyridine rings is 2. The van der Waals surface area contributed by atoms with Crippen LogP contribution >= 0.6 is 11.6 Å². The van der Waals surface area contributed by atoms with Gasteiger partial charge in [-0.25, -0.2) is 4.98 Å². The zero-order valence-electron chi connectivity index (χ0n) is 19.6. The summed E-state index contributed by atoms with van der Waals surface area (Å²) in [5, 5.41) is 12.8. The van der Waals surface area contributed by atoms with Crippen LogP contribution in [0.5, 0.6) is 5.75 Å². The highest BCUT2D eigenvalue weighted by molar-refractivity contribution is 6.31. The number of hydrogen-bond donors (Lipinski definition) is 2. The largest absolute Gasteiger partial charge is 0.486 e. The average molecular weight is 465 g/mol. The van der Waals surface area contributed by atoms with E-state index < -0.39 is 0 Å². The summed E-state index contributed by atoms with van der Waals surface area (Å²) < 4.78 is 6.17. The summed E-state index contributed by atoms with van der Waals surface area (Å²) in [5.74, 6) is 0.428. The molecule has 1 aromatic carbocycles. The first-order chi connectivity index (χ1) is 15.7. The van der Waals surface area contributed by atoms with Crippen LogP contribution < -0.4 is 10.1 Å². The van der Waals surface area contributed by atoms with E-state index in [1.54, 1.807) is 12.3 Å². The van der Waals surface area contributed by atoms with Gasteiger partial charge in [-0.1, -0.05) is 43.7 Å². The summed E-state index contributed by atoms with van der Waals surface area (Å²) in [5.41, 5.74) is 5.04. The second kappa shape index (κ2) is 10.6. The van der Waals surface area contributed by atoms with Gasteiger partial charge >= 0.3 is 0 Å². The molecule has 0 radical (unpaired) electrons. The van der Waals surface area contributed by atoms with Crippen molar-refractivity contribution in [3.05, 3.63) is 75.7 Å². The molecular formula is C26H29ClN4O2. The van der Waals surface area contributed by atoms with Crippen LogP contribution in [0.3, 0.4) is 0 Å². The van der Waals surface area contributed by atoms with Crippen molar-refractivity contribution in [1.29, 1.82) is 5.41 Å². The molecule has 172 valence electrons. The van der Waals surface area contributed by atoms with Gasteiger partial charge in [0.2, 0.25) is 5.91 Å². The van der Waals surface area contributed by atoms with Crippen LogP contribution in [0, 0.1) is 18.3 Å². The number of halogens is 1. The number of hydrogen-bond acceptors (Lipinski definition) is 5. The van der Waals surface area contributed by atoms with Crippen molar-refractivity contribution in [3.63, 3.8) is 0 Å². The fraction of sp³-hybridized carbons (Fsp3) is 0.308. The van der Waals surface area contributed by atoms with Crippen LogP contribution in [0.1, 0.15) is 50.2 Å². The number of aromatic nitrogens is 2. The van der Waals surface area contributed by atoms with E-state index in [1.165, 1.54) is 0 Å². The van der Waals surface area contributed by atoms with Crippen molar-refractivity contribution in [2.24, 2.45) is 5.92 Å². The maximum atomic E-state index is 12.0. The number of benzene rings is 1. The molecule has 0 aliphatic rings. The van der Waals surface area contributed by atoms with E-state index in [0.717, 1.165) is 22.2 Å². The van der Waals surface area contributed by atoms with Gasteiger partial charge in [0.05, 0.1) is 23.0 Å². The lowest BCUT2D eigenvalue weighted by Gasteiger charge is -2.16. The Morgan fingerprint density at radius 1 is 1.30 bits per heavy atom. The van der Waals surface area contributed by atoms with Crippen LogP contribution in [0.4, 0.5) is 0 Å². The topological polar surface area (TPSA) is 88.0 Å². The van der Waals surface area contributed by atoms with E-state index in [0.29, 0.717) is 33.3 Å². The third kappa shape index (κ3) is 5.57. The Morgan fingerprint density at radius 2 is 2.06 bits per heavy atom. The lowest BCUT2D eigenvalue weighted by Crippen LogP contribution is -2.28. The van der Waals surface area contributed by atoms with E-state index in [4.69, 9.17) is 26.7 Å². The lowest BCUT2D eigenvalue weighted by molar-refractivity contribution is -0.124. The zero-order valence-corrected chi connectivity index (χ0v) is 20.4. The quantitative estimate of drug-likeness (QED) is 0.414. The zero-order chi connectivity index (χ0) is 24.1. The normalized spacial score (nSPS) is 11.7. The molecule has 0 fully saturated rings. The van der Waals surface area contributed by atoms with Crippen LogP contribution in [-0.2, 0) is 17.9 Å². The van der Waals surface area contributed by atoms with Crippen molar-refractivity contribution >= 4 is 34.1 Å². The number of rotatable bonds is 8. The van der Waals surface area contributed by atoms with E-state index in [9.17, 15) is 4.79 Å². The number of fused-ring (bicyclic) bond motifs is 1. The highest BCUT2D eigenvalue weighted by atomic mass is 35.5. The number of nitrogens with one attached hydrogen (secondary N) is 2. The van der Waals surface area contributed by atoms with Gasteiger partial charge in [0.1, 0.15) is 17.9 Å². The molecule has 2 N–H and O–H groups in total. The fourth-order valence-corrected chi connectivity index (χ4v) is 3.59. The molecule has 0 aliphatic carbocycles. The number of para-hydroxylation sites is 1. The maximum absolute atomic E-state index is 12.0. The molecule has 1 amide bonds. The number of ether oxygens (including phenoxy) is 1. The maximum Gasteiger partial charge on any atom is 0.222 e. The van der Waals surface area contributed by atoms with E-state index in [-0.39, 0.29) is 25.0 Å². The molecule has 2 aromatic heterocycles. The third-order valence-corrected chi connectivity index (χ3v) is 5.80. The predicted molar refractivity (Wildman–Crippen MR) is 133 cm³/mol. The highest BCUT2D eigenvalue weighted by Gasteiger charge is 2.16. The van der Waals surface area contributed by atoms with E-state index >= 15 is 0 Å². The number of allylic oxidation sites excluding steroid dienone is 2. The summed E-state index contributed by atoms with van der Waals surface area (Å²) >= 11 is 6.45. The van der Waals surface area contributed by atoms with Crippen molar-refractivity contribution in [1.82, 2.24) is 15.3 Å². The molecular weight excluding hydrogens is 436 g/mol. The van der Waals surface area contributed by atoms with Gasteiger partial charge in [-0.3, -0.25) is 15.2 Å². The molecule has 3 aromatic rings. The van der Waals surface area contributed by atoms with E-state index in [2.05, 4.69) is 10.3 Å². The van der Waals surface area contributed by atoms with Gasteiger partial charge in [-0.05, 0) is 44.5 Å². The van der Waals surface area contributed by atoms with E-state index in [1.807, 2.05) is 65.0 Å². The number of aryl methyl sites for hydroxylation is 1. The minimum atomic E-state index is -0.118. The summed E-state index contributed by atoms with van der Waals surface area (Å²) in [6, 6.07) is 9.33. The number of carbonyl (C=O) groups is 1. The molecule has 7 heteroatoms. The Balaban J connectivity index is 1.94. The smallest absolute Gasteiger partial charge is 0.222 e. The first-order valence-electron chi connectivity index (χ1n) is 10.9. The molecule has 0 unspecified atom stereocenters. The number of amides is 1. The van der Waals surface area contributed by atoms with Crippen LogP contribution in [0.15, 0.2) is 48.2 Å². The van der Waals surface area contributed by atoms with Gasteiger partial charge < -0.3 is 10.1 Å². The molecule has 0 aliphatic heterocycles. The number of nitrogens with zero attached hydrogens (tertiary/aromatic N) is 2. The van der Waals surface area contributed by atoms with Gasteiger partial charge in [0, 0.05) is 34.3 Å². The summed E-state index contributed by atoms with van der Waals surface area (Å²) in [6.07, 6.45) is 3.54. The second-order valence-corrected chi connectivity index (χ2v) is 8.60. The molecule has 33 heavy (non-hydrogen) atoms. The van der Waals surface area contributed by atoms with Crippen molar-refractivity contribution < 1.29 is 9.53 Å². The van der Waals surface area contributed by atoms with Gasteiger partial charge in [-0.15, -0.1) is 0 Å². The monoisotopic (exact) mass is 464 g/mol. The highest BCUT2D eigenvalue weighted by Crippen LogP contribution is 2.30. The second-order valence-electron chi connectivity index (χ2n) is 8.19. The Morgan fingerprint density at radius 3 is 2.76 bits per heavy atom. The van der Waals surface area contributed by atoms with Crippen LogP contribution in [-0.4, -0.2) is 21.6 Å². The first kappa shape index (κ1) is 24.4. The minimum absolute atomic E-state index is 0.0521. The van der Waals surface area contributed by atoms with Crippen molar-refractivity contribution in [2.75, 3.05) is 0 Å². The molecule has 0 atom stereocenters. The molecule has 0 spiro atoms. The standard InChI is InChI=1S/C26H29ClN4O2/c1-6-16(4)24(28)19-12-17(5)31-25-18(19)8-7-9-23(25)33-14-20-21(27)10-11-29-22(20)13-30-26(32)15(2)3/h6-12,15,28H,13-14H2,1-5H3,(H,30,32)/b16-6-,28-24?. The molecule has 0 saturated carbocycles. The fourth-order valence-electron chi connectivity index (χ4n) is 3.37. The Bertz CT molecular complexity index is 1230. The van der Waals surface area contributed by atoms with Crippen LogP contribution in [0.25, 0.3) is 10.9 Å². The third-order valence-electron chi connectivity index (χ3n) is 5.44. The van der Waals surface area contributed by atoms with Crippen LogP contribution in [0.2, 0.25) is 5.02 Å². The first-order valence-corrected chi connectivity index (χ1v) is 11.3. The molecule has 0 saturated heterocycles. The van der Waals surface area contributed by atoms with Crippen molar-refractivity contribution in [2.45, 2.75) is 47.8 Å². The Labute approximate surface area is 199 Å². The van der Waals surface area contributed by atoms with Gasteiger partial charge in [-0.2, -0.15) is 0 Å². The molecule has 3 rings (SSSR count). The summed E-state index contributed by atoms with van der Waals surface area (Å²) in [7, 11) is 0. The van der Waals surface area contributed by atoms with Gasteiger partial charge in [0.15, 0.2) is 0 Å². The Kier molecular flexibility index (Phi) is 7.82.